The van der Waals surface area contributed by atoms with Crippen molar-refractivity contribution in [1.29, 1.82) is 0 Å². The number of hydrogen-bond donors (Lipinski definition) is 2. The second kappa shape index (κ2) is 2.75. The third-order valence-electron chi connectivity index (χ3n) is 0.937. The molecular formula is C4H7N3OS. The molecule has 3 N–H and O–H groups in total. The van der Waals surface area contributed by atoms with Gasteiger partial charge in [0.05, 0.1) is 0 Å². The summed E-state index contributed by atoms with van der Waals surface area (Å²) in [5, 5.41) is 0. The average molecular weight is 145 g/mol. The smallest absolute Gasteiger partial charge is 0.281 e. The summed E-state index contributed by atoms with van der Waals surface area (Å²) in [6.45, 7) is 0.479. The van der Waals surface area contributed by atoms with Gasteiger partial charge in [0.25, 0.3) is 5.56 Å². The largest absolute Gasteiger partial charge is 0.330 e. The van der Waals surface area contributed by atoms with Gasteiger partial charge in [0.2, 0.25) is 0 Å². The van der Waals surface area contributed by atoms with Gasteiger partial charge >= 0.3 is 0 Å². The molecule has 1 aromatic heterocycles. The zero-order valence-electron chi connectivity index (χ0n) is 4.76. The highest BCUT2D eigenvalue weighted by Crippen LogP contribution is 1.85. The third-order valence-corrected chi connectivity index (χ3v) is 1.53. The maximum Gasteiger partial charge on any atom is 0.281 e. The Kier molecular flexibility index (Phi) is 1.96. The van der Waals surface area contributed by atoms with Crippen LogP contribution < -0.4 is 11.3 Å². The molecule has 1 rings (SSSR count). The van der Waals surface area contributed by atoms with Gasteiger partial charge in [-0.2, -0.15) is 4.37 Å². The molecule has 0 aliphatic rings. The Bertz CT molecular complexity index is 228. The van der Waals surface area contributed by atoms with E-state index < -0.39 is 0 Å². The van der Waals surface area contributed by atoms with E-state index in [9.17, 15) is 4.79 Å². The number of H-pyrrole nitrogens is 1. The Hall–Kier alpha value is -0.680. The highest BCUT2D eigenvalue weighted by Gasteiger charge is 1.98. The maximum atomic E-state index is 10.6. The van der Waals surface area contributed by atoms with Gasteiger partial charge in [0.1, 0.15) is 5.69 Å². The topological polar surface area (TPSA) is 71.8 Å². The Balaban J connectivity index is 2.81. The van der Waals surface area contributed by atoms with E-state index in [2.05, 4.69) is 8.75 Å². The van der Waals surface area contributed by atoms with Gasteiger partial charge in [-0.15, -0.1) is 0 Å². The van der Waals surface area contributed by atoms with Crippen molar-refractivity contribution in [2.75, 3.05) is 6.54 Å². The van der Waals surface area contributed by atoms with Crippen LogP contribution in [0.25, 0.3) is 0 Å². The summed E-state index contributed by atoms with van der Waals surface area (Å²) >= 11 is 1.06. The molecule has 1 heterocycles. The summed E-state index contributed by atoms with van der Waals surface area (Å²) < 4.78 is 6.27. The van der Waals surface area contributed by atoms with Gasteiger partial charge in [0.15, 0.2) is 0 Å². The first-order valence-electron chi connectivity index (χ1n) is 2.58. The molecule has 0 bridgehead atoms. The Morgan fingerprint density at radius 3 is 3.00 bits per heavy atom. The van der Waals surface area contributed by atoms with E-state index in [-0.39, 0.29) is 5.56 Å². The molecule has 0 unspecified atom stereocenters. The number of hydrogen-bond acceptors (Lipinski definition) is 4. The SMILES string of the molecule is NCCc1ns[nH]c1=O. The van der Waals surface area contributed by atoms with Gasteiger partial charge in [-0.25, -0.2) is 0 Å². The standard InChI is InChI=1S/C4H7N3OS/c5-2-1-3-4(8)7-9-6-3/h1-2,5H2,(H,7,8). The molecule has 0 amide bonds. The van der Waals surface area contributed by atoms with E-state index in [4.69, 9.17) is 5.73 Å². The predicted molar refractivity (Wildman–Crippen MR) is 35.5 cm³/mol. The molecule has 0 saturated carbocycles. The minimum absolute atomic E-state index is 0.106. The summed E-state index contributed by atoms with van der Waals surface area (Å²) in [5.74, 6) is 0. The van der Waals surface area contributed by atoms with Crippen molar-refractivity contribution in [1.82, 2.24) is 8.75 Å². The number of aromatic nitrogens is 2. The first kappa shape index (κ1) is 6.44. The lowest BCUT2D eigenvalue weighted by Crippen LogP contribution is -2.12. The van der Waals surface area contributed by atoms with Crippen LogP contribution in [0.4, 0.5) is 0 Å². The summed E-state index contributed by atoms with van der Waals surface area (Å²) in [6.07, 6.45) is 0.568. The van der Waals surface area contributed by atoms with Crippen LogP contribution in [-0.4, -0.2) is 15.3 Å². The van der Waals surface area contributed by atoms with Crippen molar-refractivity contribution >= 4 is 11.7 Å². The van der Waals surface area contributed by atoms with E-state index >= 15 is 0 Å². The number of nitrogens with zero attached hydrogens (tertiary/aromatic N) is 1. The lowest BCUT2D eigenvalue weighted by molar-refractivity contribution is 0.929. The molecule has 5 heteroatoms. The molecule has 0 spiro atoms. The molecule has 0 aliphatic heterocycles. The van der Waals surface area contributed by atoms with Crippen molar-refractivity contribution in [2.45, 2.75) is 6.42 Å². The van der Waals surface area contributed by atoms with Crippen molar-refractivity contribution in [3.63, 3.8) is 0 Å². The van der Waals surface area contributed by atoms with E-state index in [1.807, 2.05) is 0 Å². The Labute approximate surface area is 56.0 Å². The molecule has 0 saturated heterocycles. The third kappa shape index (κ3) is 1.36. The number of nitrogens with two attached hydrogens (primary N) is 1. The molecule has 9 heavy (non-hydrogen) atoms. The summed E-state index contributed by atoms with van der Waals surface area (Å²) in [7, 11) is 0. The molecule has 0 radical (unpaired) electrons. The highest BCUT2D eigenvalue weighted by molar-refractivity contribution is 6.99. The van der Waals surface area contributed by atoms with Crippen LogP contribution >= 0.6 is 11.7 Å². The number of aromatic amines is 1. The fourth-order valence-corrected chi connectivity index (χ4v) is 1.05. The highest BCUT2D eigenvalue weighted by atomic mass is 32.1. The molecule has 50 valence electrons. The molecule has 1 aromatic rings. The minimum atomic E-state index is -0.106. The van der Waals surface area contributed by atoms with Crippen LogP contribution in [0.2, 0.25) is 0 Å². The fourth-order valence-electron chi connectivity index (χ4n) is 0.516. The first-order chi connectivity index (χ1) is 4.34. The average Bonchev–Trinajstić information content (AvgIpc) is 2.18. The van der Waals surface area contributed by atoms with Crippen LogP contribution in [0.3, 0.4) is 0 Å². The fraction of sp³-hybridized carbons (Fsp3) is 0.500. The van der Waals surface area contributed by atoms with E-state index in [0.29, 0.717) is 18.7 Å². The Morgan fingerprint density at radius 1 is 1.78 bits per heavy atom. The van der Waals surface area contributed by atoms with Crippen LogP contribution in [0.15, 0.2) is 4.79 Å². The van der Waals surface area contributed by atoms with Gasteiger partial charge in [-0.05, 0) is 6.54 Å². The molecule has 0 fully saturated rings. The molecule has 0 aliphatic carbocycles. The summed E-state index contributed by atoms with van der Waals surface area (Å²) in [6, 6.07) is 0. The molecular weight excluding hydrogens is 138 g/mol. The Morgan fingerprint density at radius 2 is 2.56 bits per heavy atom. The zero-order valence-corrected chi connectivity index (χ0v) is 5.57. The monoisotopic (exact) mass is 145 g/mol. The van der Waals surface area contributed by atoms with Crippen LogP contribution in [0.1, 0.15) is 5.69 Å². The second-order valence-electron chi connectivity index (χ2n) is 1.60. The predicted octanol–water partition coefficient (Wildman–Crippen LogP) is -0.667. The van der Waals surface area contributed by atoms with Crippen molar-refractivity contribution in [3.8, 4) is 0 Å². The van der Waals surface area contributed by atoms with Crippen molar-refractivity contribution in [3.05, 3.63) is 16.0 Å². The lowest BCUT2D eigenvalue weighted by Gasteiger charge is -1.83. The van der Waals surface area contributed by atoms with Gasteiger partial charge in [-0.3, -0.25) is 9.17 Å². The van der Waals surface area contributed by atoms with Crippen LogP contribution in [-0.2, 0) is 6.42 Å². The summed E-state index contributed by atoms with van der Waals surface area (Å²) in [4.78, 5) is 10.6. The molecule has 4 nitrogen and oxygen atoms in total. The van der Waals surface area contributed by atoms with E-state index in [1.165, 1.54) is 0 Å². The number of nitrogens with one attached hydrogen (secondary N) is 1. The van der Waals surface area contributed by atoms with Gasteiger partial charge in [0, 0.05) is 18.1 Å². The van der Waals surface area contributed by atoms with E-state index in [0.717, 1.165) is 11.7 Å². The lowest BCUT2D eigenvalue weighted by atomic mass is 10.3. The van der Waals surface area contributed by atoms with Crippen LogP contribution in [0.5, 0.6) is 0 Å². The van der Waals surface area contributed by atoms with Crippen molar-refractivity contribution in [2.24, 2.45) is 5.73 Å². The minimum Gasteiger partial charge on any atom is -0.330 e. The quantitative estimate of drug-likeness (QED) is 0.580. The van der Waals surface area contributed by atoms with E-state index in [1.54, 1.807) is 0 Å². The van der Waals surface area contributed by atoms with Gasteiger partial charge < -0.3 is 5.73 Å². The zero-order chi connectivity index (χ0) is 6.69. The van der Waals surface area contributed by atoms with Crippen LogP contribution in [0, 0.1) is 0 Å². The van der Waals surface area contributed by atoms with Gasteiger partial charge in [-0.1, -0.05) is 0 Å². The number of rotatable bonds is 2. The van der Waals surface area contributed by atoms with Crippen molar-refractivity contribution < 1.29 is 0 Å². The first-order valence-corrected chi connectivity index (χ1v) is 3.35. The summed E-state index contributed by atoms with van der Waals surface area (Å²) in [5.41, 5.74) is 5.64. The maximum absolute atomic E-state index is 10.6. The normalized spacial score (nSPS) is 9.89. The molecule has 0 aromatic carbocycles. The second-order valence-corrected chi connectivity index (χ2v) is 2.17. The molecule has 0 atom stereocenters.